The summed E-state index contributed by atoms with van der Waals surface area (Å²) in [5.74, 6) is 0. The minimum Gasteiger partial charge on any atom is -0.365 e. The lowest BCUT2D eigenvalue weighted by Crippen LogP contribution is -2.47. The Labute approximate surface area is 429 Å². The number of anilines is 1. The zero-order valence-electron chi connectivity index (χ0n) is 45.2. The van der Waals surface area contributed by atoms with Crippen molar-refractivity contribution < 1.29 is 23.1 Å². The molecule has 0 aliphatic carbocycles. The van der Waals surface area contributed by atoms with Crippen LogP contribution in [0.4, 0.5) is 11.4 Å². The third-order valence-corrected chi connectivity index (χ3v) is 16.8. The Morgan fingerprint density at radius 1 is 0.690 bits per heavy atom. The van der Waals surface area contributed by atoms with E-state index in [0.717, 1.165) is 55.6 Å². The summed E-state index contributed by atoms with van der Waals surface area (Å²) < 4.78 is 29.7. The van der Waals surface area contributed by atoms with Gasteiger partial charge in [0.25, 0.3) is 8.53 Å². The first kappa shape index (κ1) is 54.1. The first-order valence-electron chi connectivity index (χ1n) is 26.1. The molecule has 378 valence electrons. The number of fused-ring (bicyclic) bond motifs is 8. The topological polar surface area (TPSA) is 46.4 Å². The first-order chi connectivity index (χ1) is 33.7. The van der Waals surface area contributed by atoms with Crippen molar-refractivity contribution in [1.82, 2.24) is 4.67 Å². The quantitative estimate of drug-likeness (QED) is 0.0507. The van der Waals surface area contributed by atoms with Crippen LogP contribution in [0.3, 0.4) is 0 Å². The zero-order valence-corrected chi connectivity index (χ0v) is 46.1. The van der Waals surface area contributed by atoms with E-state index in [1.807, 2.05) is 19.1 Å². The van der Waals surface area contributed by atoms with E-state index in [2.05, 4.69) is 218 Å². The van der Waals surface area contributed by atoms with Crippen molar-refractivity contribution in [1.29, 1.82) is 0 Å². The fraction of sp³-hybridized carbons (Fsp3) is 0.429. The standard InChI is InChI=1S/C29H31N2O.C22H22O.C11H26NO2P.CH3/c1-28(2)20-9-5-7-11-22(20)30-15-13-24-18(26(28)30)17-19-25(32-24)14-16-31-23-12-8-6-10-21(23)29(3,4)27(19)31;1-3-23-22(19-10-6-4-7-11-19,20-12-8-5-9-13-20)21-16-14-18(2)15-17-21;1-7-9-14-15(13-8-2)12(10(3)4)11(5)6;/h5-12,17,24-25H,13-16H2,1-4H3;4-17H,3H2,1-2H3;10-11H,7-9H2,1-6H3;1H3/q+1;;;-1. The monoisotopic (exact) mass is 976 g/mol. The van der Waals surface area contributed by atoms with Gasteiger partial charge in [0.05, 0.1) is 30.8 Å². The summed E-state index contributed by atoms with van der Waals surface area (Å²) in [4.78, 5) is 2.57. The average Bonchev–Trinajstić information content (AvgIpc) is 3.75. The maximum Gasteiger partial charge on any atom is 0.259 e. The Morgan fingerprint density at radius 3 is 1.86 bits per heavy atom. The van der Waals surface area contributed by atoms with E-state index < -0.39 is 14.1 Å². The number of benzene rings is 5. The Morgan fingerprint density at radius 2 is 1.27 bits per heavy atom. The Hall–Kier alpha value is -4.72. The molecule has 0 spiro atoms. The number of hydrogen-bond acceptors (Lipinski definition) is 6. The van der Waals surface area contributed by atoms with Crippen LogP contribution in [-0.2, 0) is 35.0 Å². The molecule has 0 amide bonds. The lowest BCUT2D eigenvalue weighted by Gasteiger charge is -2.42. The van der Waals surface area contributed by atoms with Gasteiger partial charge in [0.15, 0.2) is 12.3 Å². The lowest BCUT2D eigenvalue weighted by molar-refractivity contribution is -0.445. The second kappa shape index (κ2) is 23.0. The average molecular weight is 976 g/mol. The van der Waals surface area contributed by atoms with Crippen LogP contribution in [0.1, 0.15) is 129 Å². The van der Waals surface area contributed by atoms with Gasteiger partial charge in [0, 0.05) is 71.2 Å². The molecule has 0 saturated carbocycles. The molecule has 0 N–H and O–H groups in total. The van der Waals surface area contributed by atoms with Gasteiger partial charge in [0.2, 0.25) is 5.69 Å². The fourth-order valence-corrected chi connectivity index (χ4v) is 13.4. The molecule has 0 fully saturated rings. The molecule has 71 heavy (non-hydrogen) atoms. The molecule has 5 aliphatic rings. The second-order valence-corrected chi connectivity index (χ2v) is 22.3. The molecule has 7 nitrogen and oxygen atoms in total. The molecule has 5 heterocycles. The summed E-state index contributed by atoms with van der Waals surface area (Å²) in [5, 5.41) is 0. The van der Waals surface area contributed by atoms with Crippen molar-refractivity contribution in [3.8, 4) is 0 Å². The van der Waals surface area contributed by atoms with Crippen molar-refractivity contribution >= 4 is 25.6 Å². The molecule has 3 atom stereocenters. The van der Waals surface area contributed by atoms with Gasteiger partial charge in [-0.25, -0.2) is 4.67 Å². The van der Waals surface area contributed by atoms with Gasteiger partial charge in [0.1, 0.15) is 5.60 Å². The van der Waals surface area contributed by atoms with Crippen LogP contribution in [0.5, 0.6) is 0 Å². The normalized spacial score (nSPS) is 19.5. The molecule has 5 aromatic carbocycles. The molecule has 10 rings (SSSR count). The maximum atomic E-state index is 6.89. The predicted molar refractivity (Wildman–Crippen MR) is 298 cm³/mol. The number of rotatable bonds is 13. The van der Waals surface area contributed by atoms with Crippen LogP contribution in [-0.4, -0.2) is 72.2 Å². The summed E-state index contributed by atoms with van der Waals surface area (Å²) in [6.45, 7) is 30.8. The van der Waals surface area contributed by atoms with Crippen LogP contribution >= 0.6 is 8.53 Å². The molecule has 5 aromatic rings. The van der Waals surface area contributed by atoms with E-state index in [-0.39, 0.29) is 30.5 Å². The van der Waals surface area contributed by atoms with Gasteiger partial charge in [-0.15, -0.1) is 0 Å². The third-order valence-electron chi connectivity index (χ3n) is 14.6. The summed E-state index contributed by atoms with van der Waals surface area (Å²) in [7, 11) is -0.876. The van der Waals surface area contributed by atoms with E-state index in [4.69, 9.17) is 18.5 Å². The molecule has 0 bridgehead atoms. The molecule has 0 aromatic heterocycles. The molecule has 8 heteroatoms. The molecule has 5 aliphatic heterocycles. The van der Waals surface area contributed by atoms with Crippen LogP contribution < -0.4 is 4.90 Å². The molecule has 0 saturated heterocycles. The van der Waals surface area contributed by atoms with Crippen molar-refractivity contribution in [2.75, 3.05) is 37.8 Å². The smallest absolute Gasteiger partial charge is 0.259 e. The highest BCUT2D eigenvalue weighted by Crippen LogP contribution is 2.54. The van der Waals surface area contributed by atoms with Crippen molar-refractivity contribution in [3.63, 3.8) is 0 Å². The zero-order chi connectivity index (χ0) is 49.8. The van der Waals surface area contributed by atoms with Gasteiger partial charge in [-0.05, 0) is 110 Å². The predicted octanol–water partition coefficient (Wildman–Crippen LogP) is 15.2. The number of nitrogens with zero attached hydrogens (tertiary/aromatic N) is 3. The van der Waals surface area contributed by atoms with E-state index >= 15 is 0 Å². The van der Waals surface area contributed by atoms with Crippen LogP contribution in [0.2, 0.25) is 0 Å². The third kappa shape index (κ3) is 10.4. The largest absolute Gasteiger partial charge is 0.365 e. The molecule has 3 unspecified atom stereocenters. The highest BCUT2D eigenvalue weighted by Gasteiger charge is 2.54. The maximum absolute atomic E-state index is 6.89. The number of ether oxygens (including phenoxy) is 2. The molecular formula is C63H82N3O4P. The number of allylic oxidation sites excluding steroid dienone is 1. The highest BCUT2D eigenvalue weighted by molar-refractivity contribution is 7.44. The number of aryl methyl sites for hydroxylation is 1. The van der Waals surface area contributed by atoms with Crippen molar-refractivity contribution in [3.05, 3.63) is 197 Å². The highest BCUT2D eigenvalue weighted by atomic mass is 31.2. The van der Waals surface area contributed by atoms with E-state index in [1.165, 1.54) is 50.6 Å². The van der Waals surface area contributed by atoms with E-state index in [1.54, 1.807) is 0 Å². The van der Waals surface area contributed by atoms with Gasteiger partial charge in [-0.1, -0.05) is 148 Å². The summed E-state index contributed by atoms with van der Waals surface area (Å²) >= 11 is 0. The Bertz CT molecular complexity index is 2610. The van der Waals surface area contributed by atoms with Crippen LogP contribution in [0, 0.1) is 14.4 Å². The van der Waals surface area contributed by atoms with Crippen LogP contribution in [0.25, 0.3) is 0 Å². The summed E-state index contributed by atoms with van der Waals surface area (Å²) in [6, 6.07) is 48.4. The van der Waals surface area contributed by atoms with Crippen LogP contribution in [0.15, 0.2) is 156 Å². The van der Waals surface area contributed by atoms with Crippen molar-refractivity contribution in [2.24, 2.45) is 0 Å². The summed E-state index contributed by atoms with van der Waals surface area (Å²) in [6.07, 6.45) is 6.13. The molecular weight excluding hydrogens is 894 g/mol. The van der Waals surface area contributed by atoms with E-state index in [0.29, 0.717) is 25.3 Å². The second-order valence-electron chi connectivity index (χ2n) is 20.8. The van der Waals surface area contributed by atoms with Crippen molar-refractivity contribution in [2.45, 2.75) is 143 Å². The van der Waals surface area contributed by atoms with Gasteiger partial charge < -0.3 is 30.8 Å². The lowest BCUT2D eigenvalue weighted by atomic mass is 9.74. The fourth-order valence-electron chi connectivity index (χ4n) is 11.7. The number of hydrogen-bond donors (Lipinski definition) is 0. The van der Waals surface area contributed by atoms with E-state index in [9.17, 15) is 0 Å². The Kier molecular flexibility index (Phi) is 17.5. The molecule has 0 radical (unpaired) electrons. The number of para-hydroxylation sites is 2. The van der Waals surface area contributed by atoms with Gasteiger partial charge in [-0.3, -0.25) is 0 Å². The SMILES string of the molecule is CC1(C)C2=C3C=C4C5=[N+](CCC4OC3CCN2c2ccccc21)c1ccccc1C5(C)C.CCCOP(OCC)N(C(C)C)C(C)C.CCOC(c1ccccc1)(c1ccccc1)c1ccc(C)cc1.[CH3-]. The minimum atomic E-state index is -0.876. The summed E-state index contributed by atoms with van der Waals surface area (Å²) in [5.41, 5.74) is 15.5. The van der Waals surface area contributed by atoms with Gasteiger partial charge >= 0.3 is 0 Å². The minimum absolute atomic E-state index is 0. The van der Waals surface area contributed by atoms with Gasteiger partial charge in [-0.2, -0.15) is 4.58 Å². The first-order valence-corrected chi connectivity index (χ1v) is 27.2. The Balaban J connectivity index is 0.000000168.